The quantitative estimate of drug-likeness (QED) is 0.399. The standard InChI is InChI=1S/C19H11Cl2F3N2O3/c20-10-8-13(21)16-12(17(18(28)29)25-14(16)9-10)6-7-15(27)26(19(22,23)24)11-4-2-1-3-5-11/h1-9,25H,(H,28,29)/b7-6+. The largest absolute Gasteiger partial charge is 0.491 e. The minimum Gasteiger partial charge on any atom is -0.477 e. The number of carboxylic acids is 1. The van der Waals surface area contributed by atoms with Gasteiger partial charge in [-0.1, -0.05) is 41.4 Å². The smallest absolute Gasteiger partial charge is 0.477 e. The molecule has 0 saturated carbocycles. The molecule has 29 heavy (non-hydrogen) atoms. The summed E-state index contributed by atoms with van der Waals surface area (Å²) < 4.78 is 40.3. The number of para-hydroxylation sites is 1. The molecule has 0 unspecified atom stereocenters. The number of H-pyrrole nitrogens is 1. The van der Waals surface area contributed by atoms with Crippen molar-refractivity contribution in [3.8, 4) is 0 Å². The topological polar surface area (TPSA) is 73.4 Å². The van der Waals surface area contributed by atoms with Gasteiger partial charge < -0.3 is 10.1 Å². The number of rotatable bonds is 4. The Morgan fingerprint density at radius 1 is 1.10 bits per heavy atom. The molecule has 0 bridgehead atoms. The lowest BCUT2D eigenvalue weighted by atomic mass is 10.1. The van der Waals surface area contributed by atoms with Crippen LogP contribution >= 0.6 is 23.2 Å². The summed E-state index contributed by atoms with van der Waals surface area (Å²) in [5, 5.41) is 9.93. The van der Waals surface area contributed by atoms with Crippen molar-refractivity contribution >= 4 is 57.7 Å². The number of aromatic nitrogens is 1. The molecule has 0 radical (unpaired) electrons. The maximum Gasteiger partial charge on any atom is 0.491 e. The van der Waals surface area contributed by atoms with E-state index in [1.165, 1.54) is 30.3 Å². The van der Waals surface area contributed by atoms with Crippen LogP contribution in [0.1, 0.15) is 16.1 Å². The average molecular weight is 443 g/mol. The molecule has 1 amide bonds. The molecule has 0 atom stereocenters. The first-order valence-corrected chi connectivity index (χ1v) is 8.73. The summed E-state index contributed by atoms with van der Waals surface area (Å²) in [6.45, 7) is 0. The zero-order valence-electron chi connectivity index (χ0n) is 14.3. The highest BCUT2D eigenvalue weighted by Gasteiger charge is 2.41. The van der Waals surface area contributed by atoms with Gasteiger partial charge in [-0.15, -0.1) is 13.2 Å². The monoisotopic (exact) mass is 442 g/mol. The van der Waals surface area contributed by atoms with E-state index in [4.69, 9.17) is 23.2 Å². The molecule has 5 nitrogen and oxygen atoms in total. The van der Waals surface area contributed by atoms with Gasteiger partial charge in [-0.2, -0.15) is 0 Å². The van der Waals surface area contributed by atoms with Gasteiger partial charge in [0.25, 0.3) is 5.91 Å². The van der Waals surface area contributed by atoms with Crippen LogP contribution in [0.5, 0.6) is 0 Å². The number of nitrogens with one attached hydrogen (secondary N) is 1. The Morgan fingerprint density at radius 3 is 2.34 bits per heavy atom. The highest BCUT2D eigenvalue weighted by Crippen LogP contribution is 2.34. The first-order chi connectivity index (χ1) is 13.6. The van der Waals surface area contributed by atoms with Gasteiger partial charge in [0.05, 0.1) is 10.7 Å². The molecule has 3 aromatic rings. The number of carbonyl (C=O) groups is 2. The van der Waals surface area contributed by atoms with Crippen LogP contribution in [-0.2, 0) is 4.79 Å². The summed E-state index contributed by atoms with van der Waals surface area (Å²) in [5.74, 6) is -2.78. The molecule has 10 heteroatoms. The van der Waals surface area contributed by atoms with Crippen molar-refractivity contribution in [1.82, 2.24) is 4.98 Å². The van der Waals surface area contributed by atoms with E-state index >= 15 is 0 Å². The van der Waals surface area contributed by atoms with E-state index in [9.17, 15) is 27.9 Å². The molecule has 0 spiro atoms. The molecule has 0 aliphatic rings. The highest BCUT2D eigenvalue weighted by atomic mass is 35.5. The van der Waals surface area contributed by atoms with E-state index in [2.05, 4.69) is 4.98 Å². The molecule has 2 aromatic carbocycles. The van der Waals surface area contributed by atoms with Gasteiger partial charge >= 0.3 is 12.3 Å². The van der Waals surface area contributed by atoms with Crippen LogP contribution in [0.2, 0.25) is 10.0 Å². The summed E-state index contributed by atoms with van der Waals surface area (Å²) in [5.41, 5.74) is -0.497. The van der Waals surface area contributed by atoms with Crippen LogP contribution in [0, 0.1) is 0 Å². The lowest BCUT2D eigenvalue weighted by molar-refractivity contribution is -0.146. The number of amides is 1. The number of aromatic amines is 1. The summed E-state index contributed by atoms with van der Waals surface area (Å²) in [6.07, 6.45) is -3.36. The molecule has 0 saturated heterocycles. The Bertz CT molecular complexity index is 1130. The molecule has 0 fully saturated rings. The van der Waals surface area contributed by atoms with E-state index in [1.807, 2.05) is 0 Å². The van der Waals surface area contributed by atoms with Crippen molar-refractivity contribution < 1.29 is 27.9 Å². The number of carbonyl (C=O) groups excluding carboxylic acids is 1. The normalized spacial score (nSPS) is 11.9. The molecular formula is C19H11Cl2F3N2O3. The Labute approximate surface area is 171 Å². The number of fused-ring (bicyclic) bond motifs is 1. The van der Waals surface area contributed by atoms with Crippen LogP contribution in [0.25, 0.3) is 17.0 Å². The van der Waals surface area contributed by atoms with Crippen molar-refractivity contribution in [3.63, 3.8) is 0 Å². The van der Waals surface area contributed by atoms with E-state index in [-0.39, 0.29) is 42.8 Å². The number of nitrogens with zero attached hydrogens (tertiary/aromatic N) is 1. The number of halogens is 5. The van der Waals surface area contributed by atoms with Gasteiger partial charge in [-0.25, -0.2) is 9.69 Å². The molecular weight excluding hydrogens is 432 g/mol. The second-order valence-corrected chi connectivity index (χ2v) is 6.68. The number of benzene rings is 2. The van der Waals surface area contributed by atoms with Crippen molar-refractivity contribution in [2.45, 2.75) is 6.30 Å². The van der Waals surface area contributed by atoms with E-state index < -0.39 is 18.2 Å². The molecule has 0 aliphatic heterocycles. The van der Waals surface area contributed by atoms with Crippen molar-refractivity contribution in [2.24, 2.45) is 0 Å². The van der Waals surface area contributed by atoms with Crippen molar-refractivity contribution in [3.05, 3.63) is 69.8 Å². The van der Waals surface area contributed by atoms with Gasteiger partial charge in [-0.05, 0) is 30.3 Å². The van der Waals surface area contributed by atoms with E-state index in [0.717, 1.165) is 18.2 Å². The Morgan fingerprint density at radius 2 is 1.76 bits per heavy atom. The van der Waals surface area contributed by atoms with Gasteiger partial charge in [0.1, 0.15) is 5.69 Å². The van der Waals surface area contributed by atoms with Crippen LogP contribution in [-0.4, -0.2) is 28.3 Å². The first-order valence-electron chi connectivity index (χ1n) is 7.97. The van der Waals surface area contributed by atoms with Crippen molar-refractivity contribution in [1.29, 1.82) is 0 Å². The lowest BCUT2D eigenvalue weighted by Gasteiger charge is -2.23. The Kier molecular flexibility index (Phi) is 5.59. The van der Waals surface area contributed by atoms with Crippen LogP contribution < -0.4 is 4.90 Å². The highest BCUT2D eigenvalue weighted by molar-refractivity contribution is 6.39. The first kappa shape index (κ1) is 20.8. The zero-order valence-corrected chi connectivity index (χ0v) is 15.8. The maximum absolute atomic E-state index is 13.4. The third-order valence-corrected chi connectivity index (χ3v) is 4.46. The minimum atomic E-state index is -4.98. The summed E-state index contributed by atoms with van der Waals surface area (Å²) in [6, 6.07) is 9.26. The SMILES string of the molecule is O=C(O)c1[nH]c2cc(Cl)cc(Cl)c2c1/C=C/C(=O)N(c1ccccc1)C(F)(F)F. The van der Waals surface area contributed by atoms with E-state index in [1.54, 1.807) is 0 Å². The molecule has 0 aliphatic carbocycles. The maximum atomic E-state index is 13.4. The van der Waals surface area contributed by atoms with Gasteiger partial charge in [0.2, 0.25) is 0 Å². The number of hydrogen-bond acceptors (Lipinski definition) is 2. The second kappa shape index (κ2) is 7.81. The zero-order chi connectivity index (χ0) is 21.3. The number of carboxylic acid groups (broad SMARTS) is 1. The fraction of sp³-hybridized carbons (Fsp3) is 0.0526. The number of aromatic carboxylic acids is 1. The van der Waals surface area contributed by atoms with Crippen LogP contribution in [0.4, 0.5) is 18.9 Å². The minimum absolute atomic E-state index is 0.0438. The third kappa shape index (κ3) is 4.23. The van der Waals surface area contributed by atoms with Gasteiger partial charge in [0, 0.05) is 27.6 Å². The average Bonchev–Trinajstić information content (AvgIpc) is 2.98. The molecule has 2 N–H and O–H groups in total. The van der Waals surface area contributed by atoms with Crippen LogP contribution in [0.3, 0.4) is 0 Å². The number of anilines is 1. The predicted octanol–water partition coefficient (Wildman–Crippen LogP) is 5.74. The molecule has 3 rings (SSSR count). The van der Waals surface area contributed by atoms with Gasteiger partial charge in [-0.3, -0.25) is 4.79 Å². The Hall–Kier alpha value is -2.97. The number of alkyl halides is 3. The van der Waals surface area contributed by atoms with Crippen LogP contribution in [0.15, 0.2) is 48.5 Å². The lowest BCUT2D eigenvalue weighted by Crippen LogP contribution is -2.42. The number of hydrogen-bond donors (Lipinski definition) is 2. The summed E-state index contributed by atoms with van der Waals surface area (Å²) >= 11 is 12.0. The van der Waals surface area contributed by atoms with Gasteiger partial charge in [0.15, 0.2) is 0 Å². The van der Waals surface area contributed by atoms with E-state index in [0.29, 0.717) is 6.08 Å². The fourth-order valence-corrected chi connectivity index (χ4v) is 3.41. The summed E-state index contributed by atoms with van der Waals surface area (Å²) in [7, 11) is 0. The fourth-order valence-electron chi connectivity index (χ4n) is 2.81. The second-order valence-electron chi connectivity index (χ2n) is 5.84. The molecule has 1 aromatic heterocycles. The predicted molar refractivity (Wildman–Crippen MR) is 104 cm³/mol. The Balaban J connectivity index is 2.09. The molecule has 150 valence electrons. The third-order valence-electron chi connectivity index (χ3n) is 3.95. The summed E-state index contributed by atoms with van der Waals surface area (Å²) in [4.78, 5) is 26.1. The van der Waals surface area contributed by atoms with Crippen molar-refractivity contribution in [2.75, 3.05) is 4.90 Å². The molecule has 1 heterocycles.